The SMILES string of the molecule is COc1ccc(C#N)cc1C=C(C#N)c1cn(C(=O)CC(C)N)c2ccc(Br)cc12.Cl. The average molecular weight is 500 g/mol. The summed E-state index contributed by atoms with van der Waals surface area (Å²) >= 11 is 3.46. The number of nitrogens with two attached hydrogens (primary N) is 1. The van der Waals surface area contributed by atoms with Crippen molar-refractivity contribution < 1.29 is 9.53 Å². The van der Waals surface area contributed by atoms with Gasteiger partial charge in [-0.1, -0.05) is 15.9 Å². The Bertz CT molecular complexity index is 1250. The zero-order valence-corrected chi connectivity index (χ0v) is 19.3. The van der Waals surface area contributed by atoms with Gasteiger partial charge in [0.2, 0.25) is 5.91 Å². The van der Waals surface area contributed by atoms with Crippen molar-refractivity contribution in [2.24, 2.45) is 5.73 Å². The van der Waals surface area contributed by atoms with Gasteiger partial charge in [0.05, 0.1) is 35.9 Å². The Morgan fingerprint density at radius 1 is 1.29 bits per heavy atom. The molecule has 1 heterocycles. The van der Waals surface area contributed by atoms with Crippen molar-refractivity contribution >= 4 is 56.8 Å². The molecule has 0 saturated carbocycles. The van der Waals surface area contributed by atoms with Gasteiger partial charge in [-0.05, 0) is 49.4 Å². The van der Waals surface area contributed by atoms with Crippen LogP contribution in [0.1, 0.15) is 34.8 Å². The van der Waals surface area contributed by atoms with Crippen molar-refractivity contribution in [3.8, 4) is 17.9 Å². The van der Waals surface area contributed by atoms with Crippen LogP contribution in [0.5, 0.6) is 5.75 Å². The number of methoxy groups -OCH3 is 1. The number of nitrogens with zero attached hydrogens (tertiary/aromatic N) is 3. The number of hydrogen-bond donors (Lipinski definition) is 1. The Morgan fingerprint density at radius 2 is 2.03 bits per heavy atom. The molecule has 158 valence electrons. The van der Waals surface area contributed by atoms with Gasteiger partial charge in [0, 0.05) is 39.6 Å². The number of nitriles is 2. The molecule has 0 aliphatic heterocycles. The third-order valence-electron chi connectivity index (χ3n) is 4.60. The number of carbonyl (C=O) groups excluding carboxylic acids is 1. The third-order valence-corrected chi connectivity index (χ3v) is 5.09. The summed E-state index contributed by atoms with van der Waals surface area (Å²) in [6.45, 7) is 1.77. The van der Waals surface area contributed by atoms with E-state index >= 15 is 0 Å². The lowest BCUT2D eigenvalue weighted by Gasteiger charge is -2.06. The first-order chi connectivity index (χ1) is 14.4. The molecule has 6 nitrogen and oxygen atoms in total. The number of carbonyl (C=O) groups is 1. The molecule has 8 heteroatoms. The predicted molar refractivity (Wildman–Crippen MR) is 127 cm³/mol. The molecule has 0 fully saturated rings. The summed E-state index contributed by atoms with van der Waals surface area (Å²) < 4.78 is 7.74. The first-order valence-corrected chi connectivity index (χ1v) is 9.97. The highest BCUT2D eigenvalue weighted by Gasteiger charge is 2.18. The van der Waals surface area contributed by atoms with Crippen molar-refractivity contribution in [2.75, 3.05) is 7.11 Å². The highest BCUT2D eigenvalue weighted by Crippen LogP contribution is 2.32. The van der Waals surface area contributed by atoms with E-state index in [0.717, 1.165) is 9.86 Å². The molecule has 0 saturated heterocycles. The summed E-state index contributed by atoms with van der Waals surface area (Å²) in [5.74, 6) is 0.393. The second-order valence-corrected chi connectivity index (χ2v) is 7.80. The maximum Gasteiger partial charge on any atom is 0.232 e. The van der Waals surface area contributed by atoms with E-state index in [4.69, 9.17) is 10.5 Å². The number of rotatable bonds is 5. The summed E-state index contributed by atoms with van der Waals surface area (Å²) in [5.41, 5.74) is 8.51. The van der Waals surface area contributed by atoms with Gasteiger partial charge in [0.15, 0.2) is 0 Å². The zero-order valence-electron chi connectivity index (χ0n) is 16.9. The largest absolute Gasteiger partial charge is 0.496 e. The van der Waals surface area contributed by atoms with Gasteiger partial charge in [-0.2, -0.15) is 10.5 Å². The third kappa shape index (κ3) is 5.15. The Labute approximate surface area is 195 Å². The minimum absolute atomic E-state index is 0. The molecule has 0 spiro atoms. The molecule has 2 N–H and O–H groups in total. The molecule has 0 radical (unpaired) electrons. The van der Waals surface area contributed by atoms with Gasteiger partial charge in [0.25, 0.3) is 0 Å². The maximum absolute atomic E-state index is 12.7. The molecule has 1 aromatic heterocycles. The predicted octanol–water partition coefficient (Wildman–Crippen LogP) is 5.15. The van der Waals surface area contributed by atoms with Gasteiger partial charge < -0.3 is 10.5 Å². The highest BCUT2D eigenvalue weighted by atomic mass is 79.9. The van der Waals surface area contributed by atoms with Crippen LogP contribution in [-0.4, -0.2) is 23.6 Å². The molecular weight excluding hydrogens is 480 g/mol. The average Bonchev–Trinajstić information content (AvgIpc) is 3.09. The molecule has 1 atom stereocenters. The number of ether oxygens (including phenoxy) is 1. The van der Waals surface area contributed by atoms with Crippen LogP contribution in [-0.2, 0) is 0 Å². The van der Waals surface area contributed by atoms with Gasteiger partial charge >= 0.3 is 0 Å². The first kappa shape index (κ1) is 24.2. The molecule has 2 aromatic carbocycles. The first-order valence-electron chi connectivity index (χ1n) is 9.17. The van der Waals surface area contributed by atoms with Gasteiger partial charge in [-0.25, -0.2) is 0 Å². The molecule has 1 unspecified atom stereocenters. The lowest BCUT2D eigenvalue weighted by Crippen LogP contribution is -2.22. The van der Waals surface area contributed by atoms with E-state index in [0.29, 0.717) is 33.5 Å². The van der Waals surface area contributed by atoms with Crippen LogP contribution in [0.3, 0.4) is 0 Å². The van der Waals surface area contributed by atoms with Crippen LogP contribution in [0.4, 0.5) is 0 Å². The summed E-state index contributed by atoms with van der Waals surface area (Å²) in [4.78, 5) is 12.7. The zero-order chi connectivity index (χ0) is 21.8. The number of aromatic nitrogens is 1. The van der Waals surface area contributed by atoms with Crippen molar-refractivity contribution in [2.45, 2.75) is 19.4 Å². The van der Waals surface area contributed by atoms with E-state index in [9.17, 15) is 15.3 Å². The maximum atomic E-state index is 12.7. The molecule has 0 bridgehead atoms. The van der Waals surface area contributed by atoms with E-state index < -0.39 is 0 Å². The number of halogens is 2. The topological polar surface area (TPSA) is 105 Å². The number of allylic oxidation sites excluding steroid dienone is 1. The molecule has 0 amide bonds. The van der Waals surface area contributed by atoms with Crippen LogP contribution < -0.4 is 10.5 Å². The molecular formula is C23H20BrClN4O2. The fourth-order valence-electron chi connectivity index (χ4n) is 3.24. The standard InChI is InChI=1S/C23H19BrN4O2.ClH/c1-14(27)7-23(29)28-13-20(19-10-18(24)4-5-21(19)28)17(12-26)9-16-8-15(11-25)3-6-22(16)30-2;/h3-6,8-10,13-14H,7,27H2,1-2H3;1H. The summed E-state index contributed by atoms with van der Waals surface area (Å²) in [6, 6.07) is 14.6. The molecule has 3 rings (SSSR count). The Kier molecular flexibility index (Phi) is 8.01. The Hall–Kier alpha value is -3.10. The Balaban J connectivity index is 0.00000341. The molecule has 3 aromatic rings. The minimum atomic E-state index is -0.280. The van der Waals surface area contributed by atoms with Crippen LogP contribution in [0.25, 0.3) is 22.6 Å². The lowest BCUT2D eigenvalue weighted by atomic mass is 10.0. The smallest absolute Gasteiger partial charge is 0.232 e. The molecule has 31 heavy (non-hydrogen) atoms. The van der Waals surface area contributed by atoms with Crippen molar-refractivity contribution in [3.63, 3.8) is 0 Å². The van der Waals surface area contributed by atoms with Gasteiger partial charge in [-0.15, -0.1) is 12.4 Å². The van der Waals surface area contributed by atoms with Crippen molar-refractivity contribution in [1.82, 2.24) is 4.57 Å². The second-order valence-electron chi connectivity index (χ2n) is 6.89. The van der Waals surface area contributed by atoms with E-state index in [-0.39, 0.29) is 30.8 Å². The monoisotopic (exact) mass is 498 g/mol. The Morgan fingerprint density at radius 3 is 2.65 bits per heavy atom. The molecule has 0 aliphatic rings. The van der Waals surface area contributed by atoms with Crippen molar-refractivity contribution in [1.29, 1.82) is 10.5 Å². The number of fused-ring (bicyclic) bond motifs is 1. The van der Waals surface area contributed by atoms with E-state index in [1.54, 1.807) is 37.4 Å². The van der Waals surface area contributed by atoms with E-state index in [1.165, 1.54) is 11.7 Å². The normalized spacial score (nSPS) is 11.9. The quantitative estimate of drug-likeness (QED) is 0.489. The fourth-order valence-corrected chi connectivity index (χ4v) is 3.60. The number of hydrogen-bond acceptors (Lipinski definition) is 5. The van der Waals surface area contributed by atoms with Gasteiger partial charge in [-0.3, -0.25) is 9.36 Å². The van der Waals surface area contributed by atoms with Crippen LogP contribution in [0, 0.1) is 22.7 Å². The molecule has 0 aliphatic carbocycles. The minimum Gasteiger partial charge on any atom is -0.496 e. The number of benzene rings is 2. The van der Waals surface area contributed by atoms with E-state index in [2.05, 4.69) is 28.1 Å². The highest BCUT2D eigenvalue weighted by molar-refractivity contribution is 9.10. The lowest BCUT2D eigenvalue weighted by molar-refractivity contribution is 0.0901. The van der Waals surface area contributed by atoms with Crippen molar-refractivity contribution in [3.05, 3.63) is 63.8 Å². The summed E-state index contributed by atoms with van der Waals surface area (Å²) in [5, 5.41) is 19.9. The van der Waals surface area contributed by atoms with Crippen LogP contribution in [0.2, 0.25) is 0 Å². The second kappa shape index (κ2) is 10.3. The van der Waals surface area contributed by atoms with Crippen LogP contribution in [0.15, 0.2) is 47.1 Å². The fraction of sp³-hybridized carbons (Fsp3) is 0.174. The summed E-state index contributed by atoms with van der Waals surface area (Å²) in [7, 11) is 1.53. The van der Waals surface area contributed by atoms with Gasteiger partial charge in [0.1, 0.15) is 5.75 Å². The van der Waals surface area contributed by atoms with E-state index in [1.807, 2.05) is 18.2 Å². The van der Waals surface area contributed by atoms with Crippen LogP contribution >= 0.6 is 28.3 Å². The summed E-state index contributed by atoms with van der Waals surface area (Å²) in [6.07, 6.45) is 3.51.